The molecule has 1 heterocycles. The molecular weight excluding hydrogens is 370 g/mol. The van der Waals surface area contributed by atoms with Gasteiger partial charge in [-0.05, 0) is 60.2 Å². The Kier molecular flexibility index (Phi) is 5.46. The van der Waals surface area contributed by atoms with Crippen molar-refractivity contribution in [1.29, 1.82) is 0 Å². The molecular formula is C23H23NO3S. The molecule has 4 nitrogen and oxygen atoms in total. The Morgan fingerprint density at radius 1 is 1.14 bits per heavy atom. The van der Waals surface area contributed by atoms with Crippen LogP contribution in [0.3, 0.4) is 0 Å². The normalized spacial score (nSPS) is 13.4. The molecule has 0 spiro atoms. The fourth-order valence-electron chi connectivity index (χ4n) is 3.44. The number of carbonyl (C=O) groups is 1. The second-order valence-corrected chi connectivity index (χ2v) is 8.17. The maximum atomic E-state index is 12.5. The Hall–Kier alpha value is -2.63. The van der Waals surface area contributed by atoms with Gasteiger partial charge in [-0.1, -0.05) is 36.4 Å². The first-order valence-corrected chi connectivity index (χ1v) is 10.3. The van der Waals surface area contributed by atoms with Gasteiger partial charge in [0.25, 0.3) is 5.91 Å². The van der Waals surface area contributed by atoms with E-state index in [0.29, 0.717) is 4.88 Å². The number of carbonyl (C=O) groups excluding carboxylic acids is 1. The van der Waals surface area contributed by atoms with Gasteiger partial charge in [-0.25, -0.2) is 0 Å². The zero-order valence-corrected chi connectivity index (χ0v) is 16.6. The van der Waals surface area contributed by atoms with Crippen LogP contribution in [0, 0.1) is 6.92 Å². The average molecular weight is 394 g/mol. The van der Waals surface area contributed by atoms with Crippen molar-refractivity contribution >= 4 is 17.2 Å². The van der Waals surface area contributed by atoms with E-state index in [2.05, 4.69) is 23.5 Å². The Morgan fingerprint density at radius 3 is 2.82 bits per heavy atom. The largest absolute Gasteiger partial charge is 0.491 e. The summed E-state index contributed by atoms with van der Waals surface area (Å²) in [7, 11) is 0. The van der Waals surface area contributed by atoms with E-state index in [-0.39, 0.29) is 19.1 Å². The highest BCUT2D eigenvalue weighted by Crippen LogP contribution is 2.39. The highest BCUT2D eigenvalue weighted by Gasteiger charge is 2.21. The van der Waals surface area contributed by atoms with E-state index < -0.39 is 6.10 Å². The summed E-state index contributed by atoms with van der Waals surface area (Å²) < 4.78 is 5.59. The van der Waals surface area contributed by atoms with Crippen molar-refractivity contribution in [2.45, 2.75) is 25.9 Å². The SMILES string of the molecule is Cc1cccc(OCC(O)CNC(=O)c2cc3c(s2)-c2ccccc2CC3)c1. The molecule has 1 unspecified atom stereocenters. The van der Waals surface area contributed by atoms with Crippen LogP contribution in [0.5, 0.6) is 5.75 Å². The van der Waals surface area contributed by atoms with Gasteiger partial charge in [0.05, 0.1) is 4.88 Å². The highest BCUT2D eigenvalue weighted by atomic mass is 32.1. The number of rotatable bonds is 6. The summed E-state index contributed by atoms with van der Waals surface area (Å²) in [6.45, 7) is 2.28. The summed E-state index contributed by atoms with van der Waals surface area (Å²) in [5.74, 6) is 0.571. The third-order valence-corrected chi connectivity index (χ3v) is 6.10. The van der Waals surface area contributed by atoms with Crippen molar-refractivity contribution in [2.24, 2.45) is 0 Å². The van der Waals surface area contributed by atoms with E-state index in [1.54, 1.807) is 0 Å². The van der Waals surface area contributed by atoms with Crippen molar-refractivity contribution in [3.8, 4) is 16.2 Å². The summed E-state index contributed by atoms with van der Waals surface area (Å²) >= 11 is 1.52. The van der Waals surface area contributed by atoms with Gasteiger partial charge in [0.15, 0.2) is 0 Å². The van der Waals surface area contributed by atoms with Crippen molar-refractivity contribution in [1.82, 2.24) is 5.32 Å². The molecule has 5 heteroatoms. The molecule has 3 aromatic rings. The molecule has 1 amide bonds. The smallest absolute Gasteiger partial charge is 0.261 e. The zero-order valence-electron chi connectivity index (χ0n) is 15.8. The molecule has 4 rings (SSSR count). The lowest BCUT2D eigenvalue weighted by Gasteiger charge is -2.15. The average Bonchev–Trinajstić information content (AvgIpc) is 3.15. The first-order chi connectivity index (χ1) is 13.6. The van der Waals surface area contributed by atoms with E-state index in [9.17, 15) is 9.90 Å². The lowest BCUT2D eigenvalue weighted by Crippen LogP contribution is -2.35. The standard InChI is InChI=1S/C23H23NO3S/c1-15-5-4-7-19(11-15)27-14-18(25)13-24-23(26)21-12-17-10-9-16-6-2-3-8-20(16)22(17)28-21/h2-8,11-12,18,25H,9-10,13-14H2,1H3,(H,24,26). The van der Waals surface area contributed by atoms with Crippen LogP contribution >= 0.6 is 11.3 Å². The third-order valence-electron chi connectivity index (χ3n) is 4.89. The molecule has 2 aromatic carbocycles. The second-order valence-electron chi connectivity index (χ2n) is 7.11. The number of aliphatic hydroxyl groups excluding tert-OH is 1. The summed E-state index contributed by atoms with van der Waals surface area (Å²) in [5, 5.41) is 13.0. The molecule has 1 aromatic heterocycles. The minimum atomic E-state index is -0.764. The summed E-state index contributed by atoms with van der Waals surface area (Å²) in [6, 6.07) is 18.0. The van der Waals surface area contributed by atoms with Crippen LogP contribution in [0.1, 0.15) is 26.4 Å². The van der Waals surface area contributed by atoms with Crippen LogP contribution in [0.15, 0.2) is 54.6 Å². The van der Waals surface area contributed by atoms with Crippen molar-refractivity contribution < 1.29 is 14.6 Å². The predicted octanol–water partition coefficient (Wildman–Crippen LogP) is 3.99. The Morgan fingerprint density at radius 2 is 1.96 bits per heavy atom. The topological polar surface area (TPSA) is 58.6 Å². The van der Waals surface area contributed by atoms with E-state index in [0.717, 1.165) is 24.2 Å². The molecule has 144 valence electrons. The number of fused-ring (bicyclic) bond motifs is 3. The number of ether oxygens (including phenoxy) is 1. The Balaban J connectivity index is 1.34. The zero-order chi connectivity index (χ0) is 19.5. The van der Waals surface area contributed by atoms with Crippen LogP contribution in [0.4, 0.5) is 0 Å². The van der Waals surface area contributed by atoms with Gasteiger partial charge >= 0.3 is 0 Å². The monoisotopic (exact) mass is 393 g/mol. The molecule has 0 radical (unpaired) electrons. The molecule has 0 saturated heterocycles. The first kappa shape index (κ1) is 18.7. The van der Waals surface area contributed by atoms with Crippen molar-refractivity contribution in [3.05, 3.63) is 76.2 Å². The number of amides is 1. The van der Waals surface area contributed by atoms with Crippen molar-refractivity contribution in [2.75, 3.05) is 13.2 Å². The summed E-state index contributed by atoms with van der Waals surface area (Å²) in [4.78, 5) is 14.4. The molecule has 1 aliphatic carbocycles. The van der Waals surface area contributed by atoms with Crippen LogP contribution < -0.4 is 10.1 Å². The molecule has 0 aliphatic heterocycles. The van der Waals surface area contributed by atoms with Gasteiger partial charge in [0, 0.05) is 11.4 Å². The van der Waals surface area contributed by atoms with Gasteiger partial charge in [-0.15, -0.1) is 11.3 Å². The van der Waals surface area contributed by atoms with Gasteiger partial charge < -0.3 is 15.2 Å². The molecule has 28 heavy (non-hydrogen) atoms. The third kappa shape index (κ3) is 4.11. The molecule has 0 saturated carbocycles. The highest BCUT2D eigenvalue weighted by molar-refractivity contribution is 7.17. The lowest BCUT2D eigenvalue weighted by molar-refractivity contribution is 0.0847. The minimum absolute atomic E-state index is 0.137. The van der Waals surface area contributed by atoms with E-state index >= 15 is 0 Å². The van der Waals surface area contributed by atoms with Gasteiger partial charge in [-0.3, -0.25) is 4.79 Å². The van der Waals surface area contributed by atoms with Crippen molar-refractivity contribution in [3.63, 3.8) is 0 Å². The summed E-state index contributed by atoms with van der Waals surface area (Å²) in [5.41, 5.74) is 4.91. The number of aryl methyl sites for hydroxylation is 3. The van der Waals surface area contributed by atoms with Gasteiger partial charge in [0.2, 0.25) is 0 Å². The van der Waals surface area contributed by atoms with Crippen LogP contribution in [0.25, 0.3) is 10.4 Å². The maximum absolute atomic E-state index is 12.5. The van der Waals surface area contributed by atoms with Gasteiger partial charge in [0.1, 0.15) is 18.5 Å². The fourth-order valence-corrected chi connectivity index (χ4v) is 4.62. The predicted molar refractivity (Wildman–Crippen MR) is 112 cm³/mol. The first-order valence-electron chi connectivity index (χ1n) is 9.47. The van der Waals surface area contributed by atoms with Crippen LogP contribution in [0.2, 0.25) is 0 Å². The number of hydrogen-bond acceptors (Lipinski definition) is 4. The fraction of sp³-hybridized carbons (Fsp3) is 0.261. The van der Waals surface area contributed by atoms with Gasteiger partial charge in [-0.2, -0.15) is 0 Å². The number of benzene rings is 2. The quantitative estimate of drug-likeness (QED) is 0.666. The van der Waals surface area contributed by atoms with E-state index in [1.165, 1.54) is 32.9 Å². The number of thiophene rings is 1. The Bertz CT molecular complexity index is 995. The lowest BCUT2D eigenvalue weighted by atomic mass is 9.91. The molecule has 0 fully saturated rings. The number of hydrogen-bond donors (Lipinski definition) is 2. The summed E-state index contributed by atoms with van der Waals surface area (Å²) in [6.07, 6.45) is 1.21. The second kappa shape index (κ2) is 8.17. The molecule has 1 atom stereocenters. The van der Waals surface area contributed by atoms with Crippen LogP contribution in [-0.2, 0) is 12.8 Å². The van der Waals surface area contributed by atoms with Crippen LogP contribution in [-0.4, -0.2) is 30.3 Å². The molecule has 1 aliphatic rings. The number of nitrogens with one attached hydrogen (secondary N) is 1. The van der Waals surface area contributed by atoms with E-state index in [1.807, 2.05) is 43.3 Å². The van der Waals surface area contributed by atoms with E-state index in [4.69, 9.17) is 4.74 Å². The maximum Gasteiger partial charge on any atom is 0.261 e. The minimum Gasteiger partial charge on any atom is -0.491 e. The Labute approximate surface area is 168 Å². The number of aliphatic hydroxyl groups is 1. The molecule has 0 bridgehead atoms. The molecule has 2 N–H and O–H groups in total.